The van der Waals surface area contributed by atoms with E-state index in [1.165, 1.54) is 24.3 Å². The van der Waals surface area contributed by atoms with Crippen LogP contribution < -0.4 is 0 Å². The molecule has 0 aromatic heterocycles. The van der Waals surface area contributed by atoms with E-state index in [4.69, 9.17) is 0 Å². The molecule has 8 nitrogen and oxygen atoms in total. The van der Waals surface area contributed by atoms with Gasteiger partial charge in [-0.3, -0.25) is 14.9 Å². The summed E-state index contributed by atoms with van der Waals surface area (Å²) < 4.78 is 66.1. The van der Waals surface area contributed by atoms with Gasteiger partial charge >= 0.3 is 6.18 Å². The number of carbonyl (C=O) groups excluding carboxylic acids is 1. The molecule has 1 amide bonds. The van der Waals surface area contributed by atoms with Crippen LogP contribution in [0.2, 0.25) is 0 Å². The highest BCUT2D eigenvalue weighted by molar-refractivity contribution is 7.89. The summed E-state index contributed by atoms with van der Waals surface area (Å²) in [6.07, 6.45) is -4.70. The number of benzene rings is 2. The Morgan fingerprint density at radius 1 is 0.967 bits per heavy atom. The first kappa shape index (κ1) is 21.7. The Morgan fingerprint density at radius 3 is 2.13 bits per heavy atom. The maximum absolute atomic E-state index is 13.2. The van der Waals surface area contributed by atoms with Crippen molar-refractivity contribution in [2.24, 2.45) is 0 Å². The molecule has 2 aromatic carbocycles. The van der Waals surface area contributed by atoms with Gasteiger partial charge in [0, 0.05) is 32.2 Å². The lowest BCUT2D eigenvalue weighted by atomic mass is 10.1. The van der Waals surface area contributed by atoms with Crippen LogP contribution in [0.5, 0.6) is 0 Å². The number of amides is 1. The number of carbonyl (C=O) groups is 1. The van der Waals surface area contributed by atoms with Crippen LogP contribution >= 0.6 is 0 Å². The number of nitro benzene ring substituents is 1. The van der Waals surface area contributed by atoms with Gasteiger partial charge in [-0.2, -0.15) is 17.5 Å². The number of sulfonamides is 1. The maximum atomic E-state index is 13.2. The van der Waals surface area contributed by atoms with Crippen LogP contribution in [0.1, 0.15) is 15.9 Å². The van der Waals surface area contributed by atoms with Gasteiger partial charge in [-0.15, -0.1) is 0 Å². The predicted octanol–water partition coefficient (Wildman–Crippen LogP) is 2.76. The van der Waals surface area contributed by atoms with Crippen LogP contribution in [0, 0.1) is 10.1 Å². The lowest BCUT2D eigenvalue weighted by Crippen LogP contribution is -2.50. The standard InChI is InChI=1S/C18H16F3N3O5S/c19-18(20,21)14-6-2-1-5-13(14)17(25)22-9-11-23(12-10-22)30(28,29)16-8-4-3-7-15(16)24(26)27/h1-8H,9-12H2. The third kappa shape index (κ3) is 4.14. The van der Waals surface area contributed by atoms with Gasteiger partial charge < -0.3 is 4.90 Å². The summed E-state index contributed by atoms with van der Waals surface area (Å²) in [6.45, 7) is -0.696. The van der Waals surface area contributed by atoms with Crippen molar-refractivity contribution in [3.05, 3.63) is 69.8 Å². The molecule has 1 fully saturated rings. The lowest BCUT2D eigenvalue weighted by molar-refractivity contribution is -0.387. The fourth-order valence-electron chi connectivity index (χ4n) is 3.18. The Kier molecular flexibility index (Phi) is 5.81. The summed E-state index contributed by atoms with van der Waals surface area (Å²) in [4.78, 5) is 23.6. The molecular weight excluding hydrogens is 427 g/mol. The highest BCUT2D eigenvalue weighted by atomic mass is 32.2. The minimum atomic E-state index is -4.70. The molecule has 2 aromatic rings. The highest BCUT2D eigenvalue weighted by Crippen LogP contribution is 2.33. The zero-order chi connectivity index (χ0) is 22.1. The Bertz CT molecular complexity index is 1080. The van der Waals surface area contributed by atoms with E-state index in [0.29, 0.717) is 0 Å². The second kappa shape index (κ2) is 8.03. The smallest absolute Gasteiger partial charge is 0.336 e. The van der Waals surface area contributed by atoms with Crippen LogP contribution in [0.3, 0.4) is 0 Å². The Balaban J connectivity index is 1.79. The van der Waals surface area contributed by atoms with Crippen LogP contribution in [0.25, 0.3) is 0 Å². The SMILES string of the molecule is O=C(c1ccccc1C(F)(F)F)N1CCN(S(=O)(=O)c2ccccc2[N+](=O)[O-])CC1. The summed E-state index contributed by atoms with van der Waals surface area (Å²) in [5, 5.41) is 11.1. The monoisotopic (exact) mass is 443 g/mol. The summed E-state index contributed by atoms with van der Waals surface area (Å²) in [5.41, 5.74) is -2.15. The molecule has 1 aliphatic heterocycles. The molecule has 3 rings (SSSR count). The van der Waals surface area contributed by atoms with E-state index >= 15 is 0 Å². The van der Waals surface area contributed by atoms with Gasteiger partial charge in [-0.05, 0) is 18.2 Å². The molecule has 0 aliphatic carbocycles. The molecule has 0 bridgehead atoms. The van der Waals surface area contributed by atoms with E-state index in [-0.39, 0.29) is 26.2 Å². The number of alkyl halides is 3. The van der Waals surface area contributed by atoms with Crippen molar-refractivity contribution in [3.8, 4) is 0 Å². The molecule has 12 heteroatoms. The van der Waals surface area contributed by atoms with Crippen LogP contribution in [0.4, 0.5) is 18.9 Å². The first-order chi connectivity index (χ1) is 14.0. The number of hydrogen-bond donors (Lipinski definition) is 0. The number of para-hydroxylation sites is 1. The van der Waals surface area contributed by atoms with Crippen molar-refractivity contribution in [1.82, 2.24) is 9.21 Å². The van der Waals surface area contributed by atoms with E-state index in [1.807, 2.05) is 0 Å². The van der Waals surface area contributed by atoms with Crippen LogP contribution in [-0.4, -0.2) is 54.6 Å². The van der Waals surface area contributed by atoms with Crippen molar-refractivity contribution in [3.63, 3.8) is 0 Å². The molecule has 0 atom stereocenters. The Morgan fingerprint density at radius 2 is 1.53 bits per heavy atom. The summed E-state index contributed by atoms with van der Waals surface area (Å²) in [5.74, 6) is -0.856. The van der Waals surface area contributed by atoms with Gasteiger partial charge in [-0.25, -0.2) is 8.42 Å². The minimum absolute atomic E-state index is 0.148. The van der Waals surface area contributed by atoms with Gasteiger partial charge in [0.05, 0.1) is 16.1 Å². The summed E-state index contributed by atoms with van der Waals surface area (Å²) in [6, 6.07) is 9.25. The van der Waals surface area contributed by atoms with E-state index < -0.39 is 48.7 Å². The number of piperazine rings is 1. The third-order valence-corrected chi connectivity index (χ3v) is 6.61. The van der Waals surface area contributed by atoms with E-state index in [2.05, 4.69) is 0 Å². The van der Waals surface area contributed by atoms with E-state index in [1.54, 1.807) is 0 Å². The molecular formula is C18H16F3N3O5S. The topological polar surface area (TPSA) is 101 Å². The first-order valence-electron chi connectivity index (χ1n) is 8.72. The lowest BCUT2D eigenvalue weighted by Gasteiger charge is -2.34. The average molecular weight is 443 g/mol. The zero-order valence-corrected chi connectivity index (χ0v) is 16.2. The van der Waals surface area contributed by atoms with Gasteiger partial charge in [0.2, 0.25) is 10.0 Å². The number of halogens is 3. The average Bonchev–Trinajstić information content (AvgIpc) is 2.72. The normalized spacial score (nSPS) is 15.8. The van der Waals surface area contributed by atoms with Crippen molar-refractivity contribution >= 4 is 21.6 Å². The van der Waals surface area contributed by atoms with Crippen molar-refractivity contribution in [1.29, 1.82) is 0 Å². The van der Waals surface area contributed by atoms with Crippen molar-refractivity contribution in [2.75, 3.05) is 26.2 Å². The molecule has 0 radical (unpaired) electrons. The predicted molar refractivity (Wildman–Crippen MR) is 99.2 cm³/mol. The molecule has 1 heterocycles. The Hall–Kier alpha value is -2.99. The fourth-order valence-corrected chi connectivity index (χ4v) is 4.76. The highest BCUT2D eigenvalue weighted by Gasteiger charge is 2.38. The van der Waals surface area contributed by atoms with Crippen molar-refractivity contribution < 1.29 is 31.3 Å². The van der Waals surface area contributed by atoms with Gasteiger partial charge in [0.1, 0.15) is 0 Å². The van der Waals surface area contributed by atoms with Crippen LogP contribution in [-0.2, 0) is 16.2 Å². The van der Waals surface area contributed by atoms with Gasteiger partial charge in [0.25, 0.3) is 11.6 Å². The number of hydrogen-bond acceptors (Lipinski definition) is 5. The molecule has 30 heavy (non-hydrogen) atoms. The van der Waals surface area contributed by atoms with Gasteiger partial charge in [-0.1, -0.05) is 24.3 Å². The minimum Gasteiger partial charge on any atom is -0.336 e. The maximum Gasteiger partial charge on any atom is 0.417 e. The number of nitrogens with zero attached hydrogens (tertiary/aromatic N) is 3. The third-order valence-electron chi connectivity index (χ3n) is 4.67. The Labute approximate surface area is 169 Å². The zero-order valence-electron chi connectivity index (χ0n) is 15.4. The number of rotatable bonds is 4. The molecule has 1 saturated heterocycles. The molecule has 0 saturated carbocycles. The second-order valence-electron chi connectivity index (χ2n) is 6.46. The molecule has 0 unspecified atom stereocenters. The molecule has 0 N–H and O–H groups in total. The molecule has 0 spiro atoms. The first-order valence-corrected chi connectivity index (χ1v) is 10.2. The summed E-state index contributed by atoms with van der Waals surface area (Å²) >= 11 is 0. The second-order valence-corrected chi connectivity index (χ2v) is 8.37. The van der Waals surface area contributed by atoms with Gasteiger partial charge in [0.15, 0.2) is 4.90 Å². The quantitative estimate of drug-likeness (QED) is 0.534. The number of nitro groups is 1. The largest absolute Gasteiger partial charge is 0.417 e. The molecule has 1 aliphatic rings. The fraction of sp³-hybridized carbons (Fsp3) is 0.278. The van der Waals surface area contributed by atoms with E-state index in [9.17, 15) is 36.5 Å². The van der Waals surface area contributed by atoms with Crippen molar-refractivity contribution in [2.45, 2.75) is 11.1 Å². The summed E-state index contributed by atoms with van der Waals surface area (Å²) in [7, 11) is -4.21. The molecule has 160 valence electrons. The van der Waals surface area contributed by atoms with E-state index in [0.717, 1.165) is 33.5 Å². The van der Waals surface area contributed by atoms with Crippen LogP contribution in [0.15, 0.2) is 53.4 Å².